The number of nitrogen functional groups attached to an aromatic ring is 1. The summed E-state index contributed by atoms with van der Waals surface area (Å²) in [6, 6.07) is 0. The molecule has 2 saturated heterocycles. The molecule has 0 aliphatic carbocycles. The summed E-state index contributed by atoms with van der Waals surface area (Å²) in [5.41, 5.74) is 4.33. The van der Waals surface area contributed by atoms with Gasteiger partial charge in [-0.3, -0.25) is 28.2 Å². The number of carbonyl (C=O) groups excluding carboxylic acids is 1. The van der Waals surface area contributed by atoms with Crippen LogP contribution in [0.4, 0.5) is 5.95 Å². The molecule has 2 aromatic heterocycles. The van der Waals surface area contributed by atoms with E-state index >= 15 is 0 Å². The molecule has 0 amide bonds. The van der Waals surface area contributed by atoms with Crippen LogP contribution in [0.1, 0.15) is 20.1 Å². The number of nitrogens with two attached hydrogens (primary N) is 1. The van der Waals surface area contributed by atoms with Gasteiger partial charge in [-0.05, 0) is 6.92 Å². The number of aliphatic hydroxyl groups excluding tert-OH is 2. The van der Waals surface area contributed by atoms with Crippen LogP contribution in [-0.2, 0) is 52.9 Å². The average Bonchev–Trinajstić information content (AvgIpc) is 3.38. The number of esters is 1. The second-order valence-corrected chi connectivity index (χ2v) is 11.0. The summed E-state index contributed by atoms with van der Waals surface area (Å²) in [7, 11) is -10.4. The summed E-state index contributed by atoms with van der Waals surface area (Å²) in [6.07, 6.45) is -14.2. The summed E-state index contributed by atoms with van der Waals surface area (Å²) in [5, 5.41) is 21.2. The summed E-state index contributed by atoms with van der Waals surface area (Å²) in [4.78, 5) is 33.7. The maximum absolute atomic E-state index is 12.3. The van der Waals surface area contributed by atoms with Gasteiger partial charge in [0.2, 0.25) is 5.95 Å². The SMILES string of the molecule is CC(=O)O[C@@H]1[C@H](O)[C@@H](O)[C@@H](O[C@@H]2[C@H](OS(=O)(=O)O)[C@@H](COS(=O)(=O)O)O[C@H]2n2cnc3c(=O)[nH]c(N)nc32)O[C@@H]1C. The Balaban J connectivity index is 1.76. The fourth-order valence-electron chi connectivity index (χ4n) is 4.38. The van der Waals surface area contributed by atoms with Crippen LogP contribution in [0.2, 0.25) is 0 Å². The van der Waals surface area contributed by atoms with Crippen LogP contribution in [0.5, 0.6) is 0 Å². The molecule has 23 heteroatoms. The van der Waals surface area contributed by atoms with E-state index in [2.05, 4.69) is 23.3 Å². The Labute approximate surface area is 230 Å². The number of H-pyrrole nitrogens is 1. The van der Waals surface area contributed by atoms with Crippen molar-refractivity contribution < 1.29 is 68.3 Å². The molecule has 4 heterocycles. The molecular formula is C18H25N5O16S2. The van der Waals surface area contributed by atoms with Crippen LogP contribution < -0.4 is 11.3 Å². The van der Waals surface area contributed by atoms with Crippen molar-refractivity contribution in [3.05, 3.63) is 16.7 Å². The zero-order valence-corrected chi connectivity index (χ0v) is 22.5. The maximum Gasteiger partial charge on any atom is 0.397 e. The molecule has 7 N–H and O–H groups in total. The Hall–Kier alpha value is -2.84. The van der Waals surface area contributed by atoms with E-state index in [0.29, 0.717) is 0 Å². The molecular weight excluding hydrogens is 606 g/mol. The third-order valence-corrected chi connectivity index (χ3v) is 6.89. The van der Waals surface area contributed by atoms with Gasteiger partial charge >= 0.3 is 26.8 Å². The molecule has 0 aromatic carbocycles. The molecule has 9 atom stereocenters. The van der Waals surface area contributed by atoms with Crippen molar-refractivity contribution in [3.8, 4) is 0 Å². The first-order chi connectivity index (χ1) is 18.9. The van der Waals surface area contributed by atoms with Gasteiger partial charge in [-0.2, -0.15) is 21.8 Å². The Morgan fingerprint density at radius 2 is 1.80 bits per heavy atom. The third-order valence-electron chi connectivity index (χ3n) is 5.99. The number of aromatic nitrogens is 4. The number of nitrogens with zero attached hydrogens (tertiary/aromatic N) is 3. The smallest absolute Gasteiger partial charge is 0.397 e. The first-order valence-electron chi connectivity index (χ1n) is 11.4. The number of carbonyl (C=O) groups is 1. The van der Waals surface area contributed by atoms with Crippen molar-refractivity contribution in [1.29, 1.82) is 0 Å². The van der Waals surface area contributed by atoms with Crippen molar-refractivity contribution in [3.63, 3.8) is 0 Å². The highest BCUT2D eigenvalue weighted by Gasteiger charge is 2.54. The molecule has 0 unspecified atom stereocenters. The highest BCUT2D eigenvalue weighted by atomic mass is 32.3. The van der Waals surface area contributed by atoms with Crippen LogP contribution in [0.25, 0.3) is 11.2 Å². The van der Waals surface area contributed by atoms with Crippen molar-refractivity contribution in [2.24, 2.45) is 0 Å². The molecule has 21 nitrogen and oxygen atoms in total. The molecule has 2 fully saturated rings. The minimum absolute atomic E-state index is 0.236. The van der Waals surface area contributed by atoms with Crippen molar-refractivity contribution >= 4 is 43.9 Å². The number of fused-ring (bicyclic) bond motifs is 1. The number of anilines is 1. The minimum Gasteiger partial charge on any atom is -0.457 e. The van der Waals surface area contributed by atoms with Crippen molar-refractivity contribution in [2.75, 3.05) is 12.3 Å². The van der Waals surface area contributed by atoms with Crippen LogP contribution in [0.15, 0.2) is 11.1 Å². The standard InChI is InChI=1S/C18H25N5O16S2/c1-5-11(36-6(2)24)9(25)10(26)17(35-5)38-13-12(39-41(31,32)33)7(3-34-40(28,29)30)37-16(13)23-4-20-8-14(23)21-18(19)22-15(8)27/h4-5,7,9-13,16-17,25-26H,3H2,1-2H3,(H,28,29,30)(H,31,32,33)(H3,19,21,22,27)/t5-,7-,9-,10-,11+,12-,13-,16-,17-/m1/s1. The Bertz CT molecular complexity index is 1560. The fourth-order valence-corrected chi connectivity index (χ4v) is 5.20. The predicted molar refractivity (Wildman–Crippen MR) is 127 cm³/mol. The van der Waals surface area contributed by atoms with Gasteiger partial charge in [0.05, 0.1) is 19.0 Å². The number of rotatable bonds is 9. The summed E-state index contributed by atoms with van der Waals surface area (Å²) < 4.78 is 96.3. The van der Waals surface area contributed by atoms with Crippen LogP contribution in [-0.4, -0.2) is 117 Å². The van der Waals surface area contributed by atoms with Gasteiger partial charge in [0, 0.05) is 6.92 Å². The quantitative estimate of drug-likeness (QED) is 0.115. The lowest BCUT2D eigenvalue weighted by molar-refractivity contribution is -0.314. The van der Waals surface area contributed by atoms with E-state index in [-0.39, 0.29) is 17.1 Å². The second kappa shape index (κ2) is 11.4. The molecule has 0 bridgehead atoms. The maximum atomic E-state index is 12.3. The van der Waals surface area contributed by atoms with Gasteiger partial charge in [0.25, 0.3) is 5.56 Å². The van der Waals surface area contributed by atoms with E-state index in [1.165, 1.54) is 6.92 Å². The van der Waals surface area contributed by atoms with Gasteiger partial charge in [-0.15, -0.1) is 0 Å². The Morgan fingerprint density at radius 1 is 1.12 bits per heavy atom. The number of aliphatic hydroxyl groups is 2. The van der Waals surface area contributed by atoms with Gasteiger partial charge in [-0.1, -0.05) is 0 Å². The summed E-state index contributed by atoms with van der Waals surface area (Å²) >= 11 is 0. The second-order valence-electron chi connectivity index (χ2n) is 8.91. The first-order valence-corrected chi connectivity index (χ1v) is 14.2. The topological polar surface area (TPSA) is 311 Å². The van der Waals surface area contributed by atoms with E-state index in [9.17, 15) is 41.2 Å². The Kier molecular flexibility index (Phi) is 8.68. The van der Waals surface area contributed by atoms with Crippen molar-refractivity contribution in [2.45, 2.75) is 69.1 Å². The number of nitrogens with one attached hydrogen (secondary N) is 1. The van der Waals surface area contributed by atoms with Gasteiger partial charge in [-0.25, -0.2) is 13.4 Å². The summed E-state index contributed by atoms with van der Waals surface area (Å²) in [6.45, 7) is 1.32. The molecule has 0 radical (unpaired) electrons. The number of imidazole rings is 1. The largest absolute Gasteiger partial charge is 0.457 e. The molecule has 0 spiro atoms. The van der Waals surface area contributed by atoms with Gasteiger partial charge < -0.3 is 34.9 Å². The van der Waals surface area contributed by atoms with Crippen molar-refractivity contribution in [1.82, 2.24) is 19.5 Å². The van der Waals surface area contributed by atoms with E-state index in [4.69, 9.17) is 29.2 Å². The van der Waals surface area contributed by atoms with E-state index in [1.54, 1.807) is 0 Å². The number of hydrogen-bond acceptors (Lipinski definition) is 17. The molecule has 230 valence electrons. The van der Waals surface area contributed by atoms with Crippen LogP contribution in [0, 0.1) is 0 Å². The summed E-state index contributed by atoms with van der Waals surface area (Å²) in [5.74, 6) is -1.16. The van der Waals surface area contributed by atoms with E-state index in [1.807, 2.05) is 0 Å². The predicted octanol–water partition coefficient (Wildman–Crippen LogP) is -3.61. The monoisotopic (exact) mass is 631 g/mol. The Morgan fingerprint density at radius 3 is 2.41 bits per heavy atom. The highest BCUT2D eigenvalue weighted by Crippen LogP contribution is 2.38. The lowest BCUT2D eigenvalue weighted by Crippen LogP contribution is -2.60. The molecule has 2 aliphatic rings. The zero-order valence-electron chi connectivity index (χ0n) is 20.9. The molecule has 41 heavy (non-hydrogen) atoms. The number of hydrogen-bond donors (Lipinski definition) is 6. The van der Waals surface area contributed by atoms with Gasteiger partial charge in [0.1, 0.15) is 30.5 Å². The number of ether oxygens (including phenoxy) is 4. The fraction of sp³-hybridized carbons (Fsp3) is 0.667. The highest BCUT2D eigenvalue weighted by molar-refractivity contribution is 7.81. The van der Waals surface area contributed by atoms with Crippen LogP contribution in [0.3, 0.4) is 0 Å². The first kappa shape index (κ1) is 31.1. The molecule has 0 saturated carbocycles. The lowest BCUT2D eigenvalue weighted by Gasteiger charge is -2.42. The molecule has 2 aromatic rings. The normalized spacial score (nSPS) is 32.8. The zero-order chi connectivity index (χ0) is 30.4. The molecule has 2 aliphatic heterocycles. The average molecular weight is 632 g/mol. The third kappa shape index (κ3) is 6.97. The van der Waals surface area contributed by atoms with Gasteiger partial charge in [0.15, 0.2) is 29.8 Å². The minimum atomic E-state index is -5.33. The van der Waals surface area contributed by atoms with E-state index < -0.39 is 94.2 Å². The lowest BCUT2D eigenvalue weighted by atomic mass is 9.99. The van der Waals surface area contributed by atoms with E-state index in [0.717, 1.165) is 17.8 Å². The molecule has 4 rings (SSSR count). The number of aromatic amines is 1. The van der Waals surface area contributed by atoms with Crippen LogP contribution >= 0.6 is 0 Å².